The van der Waals surface area contributed by atoms with Crippen LogP contribution in [-0.2, 0) is 0 Å². The van der Waals surface area contributed by atoms with Crippen molar-refractivity contribution in [1.29, 1.82) is 0 Å². The Balaban J connectivity index is 2.44. The van der Waals surface area contributed by atoms with E-state index in [0.29, 0.717) is 5.75 Å². The number of ether oxygens (including phenoxy) is 1. The van der Waals surface area contributed by atoms with Crippen molar-refractivity contribution >= 4 is 15.9 Å². The van der Waals surface area contributed by atoms with Gasteiger partial charge in [0, 0.05) is 5.56 Å². The van der Waals surface area contributed by atoms with Crippen molar-refractivity contribution < 1.29 is 9.84 Å². The number of hydrogen-bond acceptors (Lipinski definition) is 2. The molecule has 0 spiro atoms. The first-order valence-electron chi connectivity index (χ1n) is 5.29. The summed E-state index contributed by atoms with van der Waals surface area (Å²) in [5.41, 5.74) is 1.61. The van der Waals surface area contributed by atoms with Crippen LogP contribution in [0.5, 0.6) is 5.75 Å². The van der Waals surface area contributed by atoms with Gasteiger partial charge in [0.05, 0.1) is 11.6 Å². The number of halogens is 1. The van der Waals surface area contributed by atoms with E-state index in [1.807, 2.05) is 48.5 Å². The minimum atomic E-state index is -0.677. The molecular formula is C14H13BrO2. The number of benzene rings is 2. The molecule has 0 amide bonds. The fourth-order valence-electron chi connectivity index (χ4n) is 1.77. The van der Waals surface area contributed by atoms with Gasteiger partial charge in [0.25, 0.3) is 0 Å². The van der Waals surface area contributed by atoms with Gasteiger partial charge in [-0.2, -0.15) is 0 Å². The number of rotatable bonds is 3. The van der Waals surface area contributed by atoms with E-state index in [9.17, 15) is 5.11 Å². The van der Waals surface area contributed by atoms with Gasteiger partial charge >= 0.3 is 0 Å². The highest BCUT2D eigenvalue weighted by atomic mass is 79.9. The monoisotopic (exact) mass is 292 g/mol. The van der Waals surface area contributed by atoms with Gasteiger partial charge < -0.3 is 9.84 Å². The zero-order chi connectivity index (χ0) is 12.3. The molecule has 1 atom stereocenters. The predicted octanol–water partition coefficient (Wildman–Crippen LogP) is 3.54. The smallest absolute Gasteiger partial charge is 0.139 e. The van der Waals surface area contributed by atoms with Crippen molar-refractivity contribution in [2.45, 2.75) is 6.10 Å². The molecule has 2 aromatic rings. The van der Waals surface area contributed by atoms with Gasteiger partial charge in [0.1, 0.15) is 11.9 Å². The lowest BCUT2D eigenvalue weighted by atomic mass is 10.0. The standard InChI is InChI=1S/C14H13BrO2/c1-17-14-11(8-5-9-12(14)15)13(16)10-6-3-2-4-7-10/h2-9,13,16H,1H3. The second-order valence-corrected chi connectivity index (χ2v) is 4.53. The van der Waals surface area contributed by atoms with Gasteiger partial charge in [-0.3, -0.25) is 0 Å². The Bertz CT molecular complexity index is 497. The maximum absolute atomic E-state index is 10.3. The first kappa shape index (κ1) is 12.1. The molecule has 88 valence electrons. The number of aliphatic hydroxyl groups excluding tert-OH is 1. The summed E-state index contributed by atoms with van der Waals surface area (Å²) < 4.78 is 6.15. The van der Waals surface area contributed by atoms with Crippen molar-refractivity contribution in [2.75, 3.05) is 7.11 Å². The van der Waals surface area contributed by atoms with Crippen molar-refractivity contribution in [2.24, 2.45) is 0 Å². The molecule has 0 saturated carbocycles. The predicted molar refractivity (Wildman–Crippen MR) is 71.2 cm³/mol. The second kappa shape index (κ2) is 5.34. The second-order valence-electron chi connectivity index (χ2n) is 3.68. The third kappa shape index (κ3) is 2.51. The Morgan fingerprint density at radius 1 is 1.06 bits per heavy atom. The zero-order valence-corrected chi connectivity index (χ0v) is 11.0. The van der Waals surface area contributed by atoms with Crippen LogP contribution in [0, 0.1) is 0 Å². The Kier molecular flexibility index (Phi) is 3.82. The average Bonchev–Trinajstić information content (AvgIpc) is 2.38. The van der Waals surface area contributed by atoms with Crippen LogP contribution < -0.4 is 4.74 Å². The summed E-state index contributed by atoms with van der Waals surface area (Å²) in [6, 6.07) is 15.2. The maximum atomic E-state index is 10.3. The highest BCUT2D eigenvalue weighted by Crippen LogP contribution is 2.35. The first-order chi connectivity index (χ1) is 8.24. The van der Waals surface area contributed by atoms with Gasteiger partial charge in [0.15, 0.2) is 0 Å². The molecule has 0 bridgehead atoms. The van der Waals surface area contributed by atoms with Gasteiger partial charge in [-0.15, -0.1) is 0 Å². The third-order valence-electron chi connectivity index (χ3n) is 2.61. The molecule has 1 unspecified atom stereocenters. The molecular weight excluding hydrogens is 280 g/mol. The quantitative estimate of drug-likeness (QED) is 0.938. The summed E-state index contributed by atoms with van der Waals surface area (Å²) in [5, 5.41) is 10.3. The minimum absolute atomic E-state index is 0.670. The number of hydrogen-bond donors (Lipinski definition) is 1. The Hall–Kier alpha value is -1.32. The first-order valence-corrected chi connectivity index (χ1v) is 6.08. The molecule has 17 heavy (non-hydrogen) atoms. The topological polar surface area (TPSA) is 29.5 Å². The number of para-hydroxylation sites is 1. The molecule has 0 heterocycles. The third-order valence-corrected chi connectivity index (χ3v) is 3.24. The molecule has 0 aromatic heterocycles. The van der Waals surface area contributed by atoms with E-state index >= 15 is 0 Å². The van der Waals surface area contributed by atoms with Crippen molar-refractivity contribution in [3.05, 3.63) is 64.1 Å². The largest absolute Gasteiger partial charge is 0.495 e. The molecule has 0 saturated heterocycles. The van der Waals surface area contributed by atoms with E-state index in [2.05, 4.69) is 15.9 Å². The molecule has 0 aliphatic carbocycles. The maximum Gasteiger partial charge on any atom is 0.139 e. The Morgan fingerprint density at radius 3 is 2.41 bits per heavy atom. The van der Waals surface area contributed by atoms with Crippen LogP contribution in [0.25, 0.3) is 0 Å². The van der Waals surface area contributed by atoms with E-state index in [1.54, 1.807) is 7.11 Å². The van der Waals surface area contributed by atoms with Gasteiger partial charge in [-0.25, -0.2) is 0 Å². The molecule has 0 aliphatic rings. The number of methoxy groups -OCH3 is 1. The zero-order valence-electron chi connectivity index (χ0n) is 9.43. The van der Waals surface area contributed by atoms with Crippen molar-refractivity contribution in [3.8, 4) is 5.75 Å². The van der Waals surface area contributed by atoms with Crippen LogP contribution in [0.2, 0.25) is 0 Å². The van der Waals surface area contributed by atoms with Crippen LogP contribution in [-0.4, -0.2) is 12.2 Å². The summed E-state index contributed by atoms with van der Waals surface area (Å²) in [6.45, 7) is 0. The molecule has 3 heteroatoms. The lowest BCUT2D eigenvalue weighted by Gasteiger charge is -2.16. The SMILES string of the molecule is COc1c(Br)cccc1C(O)c1ccccc1. The van der Waals surface area contributed by atoms with E-state index in [-0.39, 0.29) is 0 Å². The van der Waals surface area contributed by atoms with Crippen LogP contribution in [0.4, 0.5) is 0 Å². The van der Waals surface area contributed by atoms with Gasteiger partial charge in [0.2, 0.25) is 0 Å². The van der Waals surface area contributed by atoms with E-state index in [1.165, 1.54) is 0 Å². The van der Waals surface area contributed by atoms with E-state index < -0.39 is 6.10 Å². The molecule has 0 fully saturated rings. The van der Waals surface area contributed by atoms with Gasteiger partial charge in [-0.05, 0) is 27.6 Å². The van der Waals surface area contributed by atoms with Crippen LogP contribution in [0.3, 0.4) is 0 Å². The highest BCUT2D eigenvalue weighted by Gasteiger charge is 2.16. The lowest BCUT2D eigenvalue weighted by molar-refractivity contribution is 0.214. The number of aliphatic hydroxyl groups is 1. The summed E-state index contributed by atoms with van der Waals surface area (Å²) in [7, 11) is 1.60. The molecule has 1 N–H and O–H groups in total. The lowest BCUT2D eigenvalue weighted by Crippen LogP contribution is -2.02. The molecule has 2 rings (SSSR count). The molecule has 2 aromatic carbocycles. The van der Waals surface area contributed by atoms with Crippen LogP contribution in [0.1, 0.15) is 17.2 Å². The van der Waals surface area contributed by atoms with Crippen LogP contribution >= 0.6 is 15.9 Å². The highest BCUT2D eigenvalue weighted by molar-refractivity contribution is 9.10. The van der Waals surface area contributed by atoms with Crippen molar-refractivity contribution in [1.82, 2.24) is 0 Å². The minimum Gasteiger partial charge on any atom is -0.495 e. The van der Waals surface area contributed by atoms with Gasteiger partial charge in [-0.1, -0.05) is 42.5 Å². The summed E-state index contributed by atoms with van der Waals surface area (Å²) in [4.78, 5) is 0. The molecule has 0 aliphatic heterocycles. The Labute approximate surface area is 109 Å². The average molecular weight is 293 g/mol. The van der Waals surface area contributed by atoms with Crippen molar-refractivity contribution in [3.63, 3.8) is 0 Å². The summed E-state index contributed by atoms with van der Waals surface area (Å²) in [5.74, 6) is 0.670. The Morgan fingerprint density at radius 2 is 1.76 bits per heavy atom. The van der Waals surface area contributed by atoms with Crippen LogP contribution in [0.15, 0.2) is 53.0 Å². The fraction of sp³-hybridized carbons (Fsp3) is 0.143. The molecule has 2 nitrogen and oxygen atoms in total. The van der Waals surface area contributed by atoms with E-state index in [0.717, 1.165) is 15.6 Å². The normalized spacial score (nSPS) is 12.2. The van der Waals surface area contributed by atoms with E-state index in [4.69, 9.17) is 4.74 Å². The summed E-state index contributed by atoms with van der Waals surface area (Å²) in [6.07, 6.45) is -0.677. The molecule has 0 radical (unpaired) electrons. The fourth-order valence-corrected chi connectivity index (χ4v) is 2.31. The summed E-state index contributed by atoms with van der Waals surface area (Å²) >= 11 is 3.41.